The van der Waals surface area contributed by atoms with E-state index in [2.05, 4.69) is 15.7 Å². The quantitative estimate of drug-likeness (QED) is 0.862. The second kappa shape index (κ2) is 7.53. The molecule has 2 N–H and O–H groups in total. The normalized spacial score (nSPS) is 13.9. The van der Waals surface area contributed by atoms with Crippen molar-refractivity contribution in [2.45, 2.75) is 13.5 Å². The van der Waals surface area contributed by atoms with Crippen LogP contribution >= 0.6 is 11.6 Å². The molecule has 0 atom stereocenters. The van der Waals surface area contributed by atoms with Crippen LogP contribution < -0.4 is 15.8 Å². The van der Waals surface area contributed by atoms with Gasteiger partial charge in [-0.25, -0.2) is 9.40 Å². The van der Waals surface area contributed by atoms with Gasteiger partial charge in [-0.05, 0) is 36.8 Å². The van der Waals surface area contributed by atoms with Crippen LogP contribution in [-0.4, -0.2) is 24.2 Å². The van der Waals surface area contributed by atoms with Gasteiger partial charge in [-0.3, -0.25) is 20.0 Å². The number of amides is 2. The molecule has 2 aromatic rings. The fourth-order valence-electron chi connectivity index (χ4n) is 2.36. The summed E-state index contributed by atoms with van der Waals surface area (Å²) in [5, 5.41) is 3.93. The van der Waals surface area contributed by atoms with Crippen molar-refractivity contribution in [2.75, 3.05) is 11.6 Å². The van der Waals surface area contributed by atoms with E-state index in [1.54, 1.807) is 12.1 Å². The molecule has 2 amide bonds. The van der Waals surface area contributed by atoms with Gasteiger partial charge in [0.2, 0.25) is 5.84 Å². The molecule has 0 spiro atoms. The number of aliphatic imine (C=N–C) groups is 1. The molecule has 1 aliphatic rings. The Labute approximate surface area is 154 Å². The van der Waals surface area contributed by atoms with E-state index in [0.717, 1.165) is 5.56 Å². The Hall–Kier alpha value is -2.93. The van der Waals surface area contributed by atoms with Crippen LogP contribution in [0, 0.1) is 12.7 Å². The molecule has 0 saturated carbocycles. The summed E-state index contributed by atoms with van der Waals surface area (Å²) >= 11 is 5.72. The zero-order valence-electron chi connectivity index (χ0n) is 13.9. The Morgan fingerprint density at radius 3 is 2.73 bits per heavy atom. The largest absolute Gasteiger partial charge is 0.345 e. The molecule has 134 valence electrons. The summed E-state index contributed by atoms with van der Waals surface area (Å²) in [5.41, 5.74) is 5.05. The molecule has 2 aromatic carbocycles. The highest BCUT2D eigenvalue weighted by molar-refractivity contribution is 6.39. The van der Waals surface area contributed by atoms with E-state index in [0.29, 0.717) is 11.3 Å². The van der Waals surface area contributed by atoms with Crippen molar-refractivity contribution in [3.05, 3.63) is 64.4 Å². The van der Waals surface area contributed by atoms with E-state index in [1.807, 2.05) is 19.1 Å². The van der Waals surface area contributed by atoms with E-state index in [-0.39, 0.29) is 29.9 Å². The highest BCUT2D eigenvalue weighted by atomic mass is 35.5. The average molecular weight is 375 g/mol. The van der Waals surface area contributed by atoms with Crippen molar-refractivity contribution < 1.29 is 14.0 Å². The molecule has 1 heterocycles. The van der Waals surface area contributed by atoms with Crippen molar-refractivity contribution in [3.63, 3.8) is 0 Å². The van der Waals surface area contributed by atoms with Gasteiger partial charge in [-0.15, -0.1) is 0 Å². The van der Waals surface area contributed by atoms with Crippen molar-refractivity contribution in [2.24, 2.45) is 4.99 Å². The molecule has 0 unspecified atom stereocenters. The van der Waals surface area contributed by atoms with Gasteiger partial charge >= 0.3 is 0 Å². The van der Waals surface area contributed by atoms with Crippen molar-refractivity contribution in [1.29, 1.82) is 0 Å². The number of hydrazine groups is 1. The first-order valence-corrected chi connectivity index (χ1v) is 8.24. The number of hydrogen-bond donors (Lipinski definition) is 2. The van der Waals surface area contributed by atoms with E-state index < -0.39 is 11.7 Å². The number of halogens is 2. The maximum atomic E-state index is 13.2. The third kappa shape index (κ3) is 4.00. The number of benzene rings is 2. The minimum atomic E-state index is -0.521. The lowest BCUT2D eigenvalue weighted by Crippen LogP contribution is -2.55. The minimum absolute atomic E-state index is 0.0129. The zero-order valence-corrected chi connectivity index (χ0v) is 14.7. The first kappa shape index (κ1) is 17.9. The Morgan fingerprint density at radius 2 is 2.04 bits per heavy atom. The molecule has 0 aliphatic carbocycles. The fourth-order valence-corrected chi connectivity index (χ4v) is 2.56. The SMILES string of the molecule is Cc1ccc(N2NC(C(=O)NCc3ccc(F)c(Cl)c3)=NCC2=O)cc1. The predicted octanol–water partition coefficient (Wildman–Crippen LogP) is 2.35. The second-order valence-electron chi connectivity index (χ2n) is 5.77. The Kier molecular flexibility index (Phi) is 5.18. The molecule has 8 heteroatoms. The van der Waals surface area contributed by atoms with Crippen molar-refractivity contribution in [1.82, 2.24) is 10.7 Å². The molecule has 0 aromatic heterocycles. The molecule has 3 rings (SSSR count). The summed E-state index contributed by atoms with van der Waals surface area (Å²) in [5.74, 6) is -1.24. The van der Waals surface area contributed by atoms with Gasteiger partial charge in [0.1, 0.15) is 12.4 Å². The third-order valence-corrected chi connectivity index (χ3v) is 4.07. The van der Waals surface area contributed by atoms with Gasteiger partial charge in [0, 0.05) is 6.54 Å². The van der Waals surface area contributed by atoms with Crippen LogP contribution in [-0.2, 0) is 16.1 Å². The van der Waals surface area contributed by atoms with Crippen molar-refractivity contribution in [3.8, 4) is 0 Å². The number of nitrogens with zero attached hydrogens (tertiary/aromatic N) is 2. The maximum absolute atomic E-state index is 13.2. The average Bonchev–Trinajstić information content (AvgIpc) is 2.63. The Balaban J connectivity index is 1.66. The first-order valence-electron chi connectivity index (χ1n) is 7.87. The minimum Gasteiger partial charge on any atom is -0.345 e. The number of hydrogen-bond acceptors (Lipinski definition) is 4. The Bertz CT molecular complexity index is 883. The van der Waals surface area contributed by atoms with E-state index in [9.17, 15) is 14.0 Å². The van der Waals surface area contributed by atoms with Crippen LogP contribution in [0.2, 0.25) is 5.02 Å². The summed E-state index contributed by atoms with van der Waals surface area (Å²) in [6, 6.07) is 11.5. The van der Waals surface area contributed by atoms with Crippen LogP contribution in [0.4, 0.5) is 10.1 Å². The number of rotatable bonds is 4. The van der Waals surface area contributed by atoms with Crippen LogP contribution in [0.25, 0.3) is 0 Å². The predicted molar refractivity (Wildman–Crippen MR) is 97.4 cm³/mol. The van der Waals surface area contributed by atoms with Crippen LogP contribution in [0.5, 0.6) is 0 Å². The molecule has 0 fully saturated rings. The summed E-state index contributed by atoms with van der Waals surface area (Å²) in [7, 11) is 0. The summed E-state index contributed by atoms with van der Waals surface area (Å²) in [4.78, 5) is 28.3. The third-order valence-electron chi connectivity index (χ3n) is 3.78. The smallest absolute Gasteiger partial charge is 0.288 e. The highest BCUT2D eigenvalue weighted by Gasteiger charge is 2.25. The lowest BCUT2D eigenvalue weighted by molar-refractivity contribution is -0.118. The molecule has 6 nitrogen and oxygen atoms in total. The van der Waals surface area contributed by atoms with Crippen LogP contribution in [0.3, 0.4) is 0 Å². The summed E-state index contributed by atoms with van der Waals surface area (Å²) in [6.45, 7) is 1.96. The van der Waals surface area contributed by atoms with E-state index >= 15 is 0 Å². The number of amidine groups is 1. The fraction of sp³-hybridized carbons (Fsp3) is 0.167. The maximum Gasteiger partial charge on any atom is 0.288 e. The molecule has 26 heavy (non-hydrogen) atoms. The number of anilines is 1. The highest BCUT2D eigenvalue weighted by Crippen LogP contribution is 2.16. The monoisotopic (exact) mass is 374 g/mol. The molecule has 0 bridgehead atoms. The molecule has 1 aliphatic heterocycles. The molecule has 0 saturated heterocycles. The standard InChI is InChI=1S/C18H16ClFN4O2/c1-11-2-5-13(6-3-11)24-16(25)10-21-17(23-24)18(26)22-9-12-4-7-15(20)14(19)8-12/h2-8H,9-10H2,1H3,(H,21,23)(H,22,26). The number of carbonyl (C=O) groups is 2. The van der Waals surface area contributed by atoms with Crippen LogP contribution in [0.15, 0.2) is 47.5 Å². The number of nitrogens with one attached hydrogen (secondary N) is 2. The topological polar surface area (TPSA) is 73.8 Å². The number of aryl methyl sites for hydroxylation is 1. The van der Waals surface area contributed by atoms with Crippen LogP contribution in [0.1, 0.15) is 11.1 Å². The van der Waals surface area contributed by atoms with Gasteiger partial charge in [0.15, 0.2) is 0 Å². The second-order valence-corrected chi connectivity index (χ2v) is 6.18. The lowest BCUT2D eigenvalue weighted by atomic mass is 10.2. The first-order chi connectivity index (χ1) is 12.4. The number of carbonyl (C=O) groups excluding carboxylic acids is 2. The summed E-state index contributed by atoms with van der Waals surface area (Å²) in [6.07, 6.45) is 0. The van der Waals surface area contributed by atoms with E-state index in [1.165, 1.54) is 23.2 Å². The lowest BCUT2D eigenvalue weighted by Gasteiger charge is -2.27. The summed E-state index contributed by atoms with van der Waals surface area (Å²) < 4.78 is 13.2. The van der Waals surface area contributed by atoms with Gasteiger partial charge in [0.25, 0.3) is 11.8 Å². The van der Waals surface area contributed by atoms with Crippen molar-refractivity contribution >= 4 is 34.9 Å². The van der Waals surface area contributed by atoms with Gasteiger partial charge in [-0.1, -0.05) is 35.4 Å². The van der Waals surface area contributed by atoms with Gasteiger partial charge in [-0.2, -0.15) is 0 Å². The zero-order chi connectivity index (χ0) is 18.7. The Morgan fingerprint density at radius 1 is 1.31 bits per heavy atom. The van der Waals surface area contributed by atoms with Gasteiger partial charge < -0.3 is 5.32 Å². The molecular weight excluding hydrogens is 359 g/mol. The molecule has 0 radical (unpaired) electrons. The molecular formula is C18H16ClFN4O2. The van der Waals surface area contributed by atoms with Gasteiger partial charge in [0.05, 0.1) is 10.7 Å². The van der Waals surface area contributed by atoms with E-state index in [4.69, 9.17) is 11.6 Å².